The predicted molar refractivity (Wildman–Crippen MR) is 94.4 cm³/mol. The average molecular weight is 403 g/mol. The summed E-state index contributed by atoms with van der Waals surface area (Å²) < 4.78 is 5.37. The van der Waals surface area contributed by atoms with E-state index >= 15 is 0 Å². The highest BCUT2D eigenvalue weighted by Crippen LogP contribution is 2.13. The fraction of sp³-hybridized carbons (Fsp3) is 0.571. The number of hydrogen-bond acceptors (Lipinski definition) is 6. The van der Waals surface area contributed by atoms with Gasteiger partial charge < -0.3 is 20.3 Å². The molecule has 0 bridgehead atoms. The third-order valence-electron chi connectivity index (χ3n) is 3.46. The van der Waals surface area contributed by atoms with Crippen LogP contribution in [-0.4, -0.2) is 50.3 Å². The lowest BCUT2D eigenvalue weighted by Crippen LogP contribution is -2.40. The molecule has 0 aliphatic carbocycles. The molecule has 0 unspecified atom stereocenters. The Morgan fingerprint density at radius 2 is 2.14 bits per heavy atom. The number of halogens is 1. The molecule has 6 nitrogen and oxygen atoms in total. The zero-order valence-electron chi connectivity index (χ0n) is 12.0. The van der Waals surface area contributed by atoms with E-state index in [1.807, 2.05) is 6.07 Å². The first-order valence-corrected chi connectivity index (χ1v) is 7.23. The van der Waals surface area contributed by atoms with Crippen molar-refractivity contribution in [3.8, 4) is 0 Å². The van der Waals surface area contributed by atoms with E-state index in [4.69, 9.17) is 9.72 Å². The van der Waals surface area contributed by atoms with Gasteiger partial charge in [0.05, 0.1) is 25.5 Å². The van der Waals surface area contributed by atoms with Crippen LogP contribution in [-0.2, 0) is 11.3 Å². The fourth-order valence-electron chi connectivity index (χ4n) is 2.36. The highest BCUT2D eigenvalue weighted by Gasteiger charge is 2.12. The Hall–Kier alpha value is -1.09. The summed E-state index contributed by atoms with van der Waals surface area (Å²) in [5.74, 6) is 1.92. The molecule has 1 aromatic rings. The monoisotopic (exact) mass is 403 g/mol. The molecule has 0 saturated carbocycles. The van der Waals surface area contributed by atoms with Gasteiger partial charge in [-0.1, -0.05) is 6.07 Å². The summed E-state index contributed by atoms with van der Waals surface area (Å²) in [6, 6.07) is 6.16. The predicted octanol–water partition coefficient (Wildman–Crippen LogP) is 0.975. The topological polar surface area (TPSA) is 61.8 Å². The van der Waals surface area contributed by atoms with Crippen molar-refractivity contribution < 1.29 is 4.74 Å². The van der Waals surface area contributed by atoms with Gasteiger partial charge in [-0.3, -0.25) is 4.99 Å². The maximum absolute atomic E-state index is 5.37. The SMILES string of the molecule is I.c1cc(CNC2=NCCCN2)nc(N2CCOCC2)c1. The zero-order valence-corrected chi connectivity index (χ0v) is 14.4. The molecule has 0 amide bonds. The molecule has 2 N–H and O–H groups in total. The van der Waals surface area contributed by atoms with Gasteiger partial charge in [-0.2, -0.15) is 0 Å². The number of anilines is 1. The fourth-order valence-corrected chi connectivity index (χ4v) is 2.36. The van der Waals surface area contributed by atoms with Crippen molar-refractivity contribution >= 4 is 35.8 Å². The third kappa shape index (κ3) is 4.70. The Labute approximate surface area is 142 Å². The van der Waals surface area contributed by atoms with Crippen molar-refractivity contribution in [2.24, 2.45) is 4.99 Å². The number of aromatic nitrogens is 1. The van der Waals surface area contributed by atoms with Crippen LogP contribution in [0.5, 0.6) is 0 Å². The Kier molecular flexibility index (Phi) is 6.50. The Morgan fingerprint density at radius 3 is 2.90 bits per heavy atom. The van der Waals surface area contributed by atoms with Crippen molar-refractivity contribution in [2.75, 3.05) is 44.3 Å². The minimum atomic E-state index is 0. The van der Waals surface area contributed by atoms with Crippen molar-refractivity contribution in [3.05, 3.63) is 23.9 Å². The van der Waals surface area contributed by atoms with E-state index in [0.717, 1.165) is 63.3 Å². The molecule has 3 rings (SSSR count). The van der Waals surface area contributed by atoms with Crippen LogP contribution in [0.1, 0.15) is 12.1 Å². The molecule has 21 heavy (non-hydrogen) atoms. The number of ether oxygens (including phenoxy) is 1. The number of aliphatic imine (C=N–C) groups is 1. The van der Waals surface area contributed by atoms with Crippen LogP contribution in [0.15, 0.2) is 23.2 Å². The second kappa shape index (κ2) is 8.38. The number of nitrogens with zero attached hydrogens (tertiary/aromatic N) is 3. The van der Waals surface area contributed by atoms with E-state index in [1.54, 1.807) is 0 Å². The molecule has 2 aliphatic heterocycles. The van der Waals surface area contributed by atoms with Gasteiger partial charge in [-0.05, 0) is 18.6 Å². The Balaban J connectivity index is 0.00000161. The van der Waals surface area contributed by atoms with E-state index in [1.165, 1.54) is 0 Å². The minimum absolute atomic E-state index is 0. The molecule has 1 fully saturated rings. The highest BCUT2D eigenvalue weighted by molar-refractivity contribution is 14.0. The van der Waals surface area contributed by atoms with Gasteiger partial charge in [0.15, 0.2) is 5.96 Å². The summed E-state index contributed by atoms with van der Waals surface area (Å²) >= 11 is 0. The van der Waals surface area contributed by atoms with Crippen LogP contribution in [0.3, 0.4) is 0 Å². The van der Waals surface area contributed by atoms with Gasteiger partial charge in [0.1, 0.15) is 5.82 Å². The smallest absolute Gasteiger partial charge is 0.191 e. The summed E-state index contributed by atoms with van der Waals surface area (Å²) in [5.41, 5.74) is 1.03. The van der Waals surface area contributed by atoms with Crippen molar-refractivity contribution in [1.29, 1.82) is 0 Å². The molecule has 0 aromatic carbocycles. The summed E-state index contributed by atoms with van der Waals surface area (Å²) in [4.78, 5) is 11.4. The van der Waals surface area contributed by atoms with Crippen LogP contribution in [0.2, 0.25) is 0 Å². The number of nitrogens with one attached hydrogen (secondary N) is 2. The maximum Gasteiger partial charge on any atom is 0.191 e. The van der Waals surface area contributed by atoms with Crippen LogP contribution < -0.4 is 15.5 Å². The molecule has 0 spiro atoms. The number of guanidine groups is 1. The number of hydrogen-bond donors (Lipinski definition) is 2. The summed E-state index contributed by atoms with van der Waals surface area (Å²) in [6.07, 6.45) is 1.11. The summed E-state index contributed by atoms with van der Waals surface area (Å²) in [7, 11) is 0. The van der Waals surface area contributed by atoms with Crippen LogP contribution in [0.25, 0.3) is 0 Å². The molecular weight excluding hydrogens is 381 g/mol. The van der Waals surface area contributed by atoms with Gasteiger partial charge in [-0.25, -0.2) is 4.98 Å². The second-order valence-electron chi connectivity index (χ2n) is 4.95. The Bertz CT molecular complexity index is 476. The number of pyridine rings is 1. The number of morpholine rings is 1. The first-order chi connectivity index (χ1) is 9.92. The molecular formula is C14H22IN5O. The first-order valence-electron chi connectivity index (χ1n) is 7.23. The normalized spacial score (nSPS) is 18.3. The first kappa shape index (κ1) is 16.3. The molecule has 0 radical (unpaired) electrons. The third-order valence-corrected chi connectivity index (χ3v) is 3.46. The van der Waals surface area contributed by atoms with E-state index in [-0.39, 0.29) is 24.0 Å². The van der Waals surface area contributed by atoms with Gasteiger partial charge in [-0.15, -0.1) is 24.0 Å². The van der Waals surface area contributed by atoms with E-state index in [0.29, 0.717) is 6.54 Å². The molecule has 3 heterocycles. The number of rotatable bonds is 3. The average Bonchev–Trinajstić information content (AvgIpc) is 2.55. The lowest BCUT2D eigenvalue weighted by molar-refractivity contribution is 0.122. The van der Waals surface area contributed by atoms with Gasteiger partial charge in [0.25, 0.3) is 0 Å². The molecule has 0 atom stereocenters. The lowest BCUT2D eigenvalue weighted by atomic mass is 10.3. The standard InChI is InChI=1S/C14H21N5O.HI/c1-3-12(11-17-14-15-5-2-6-16-14)18-13(4-1)19-7-9-20-10-8-19;/h1,3-4H,2,5-11H2,(H2,15,16,17);1H. The van der Waals surface area contributed by atoms with E-state index in [2.05, 4.69) is 32.7 Å². The quantitative estimate of drug-likeness (QED) is 0.737. The van der Waals surface area contributed by atoms with E-state index < -0.39 is 0 Å². The van der Waals surface area contributed by atoms with Gasteiger partial charge >= 0.3 is 0 Å². The molecule has 2 aliphatic rings. The van der Waals surface area contributed by atoms with E-state index in [9.17, 15) is 0 Å². The van der Waals surface area contributed by atoms with Crippen molar-refractivity contribution in [2.45, 2.75) is 13.0 Å². The second-order valence-corrected chi connectivity index (χ2v) is 4.95. The largest absolute Gasteiger partial charge is 0.378 e. The Morgan fingerprint density at radius 1 is 1.29 bits per heavy atom. The lowest BCUT2D eigenvalue weighted by Gasteiger charge is -2.28. The molecule has 1 saturated heterocycles. The molecule has 116 valence electrons. The van der Waals surface area contributed by atoms with Gasteiger partial charge in [0, 0.05) is 26.2 Å². The minimum Gasteiger partial charge on any atom is -0.378 e. The van der Waals surface area contributed by atoms with Crippen LogP contribution in [0, 0.1) is 0 Å². The maximum atomic E-state index is 5.37. The highest BCUT2D eigenvalue weighted by atomic mass is 127. The summed E-state index contributed by atoms with van der Waals surface area (Å²) in [5, 5.41) is 6.55. The molecule has 1 aromatic heterocycles. The van der Waals surface area contributed by atoms with Crippen molar-refractivity contribution in [1.82, 2.24) is 15.6 Å². The summed E-state index contributed by atoms with van der Waals surface area (Å²) in [6.45, 7) is 5.99. The molecule has 7 heteroatoms. The van der Waals surface area contributed by atoms with Gasteiger partial charge in [0.2, 0.25) is 0 Å². The van der Waals surface area contributed by atoms with Crippen LogP contribution in [0.4, 0.5) is 5.82 Å². The zero-order chi connectivity index (χ0) is 13.6. The van der Waals surface area contributed by atoms with Crippen LogP contribution >= 0.6 is 24.0 Å². The van der Waals surface area contributed by atoms with Crippen molar-refractivity contribution in [3.63, 3.8) is 0 Å².